The highest BCUT2D eigenvalue weighted by molar-refractivity contribution is 5.76. The Morgan fingerprint density at radius 1 is 1.59 bits per heavy atom. The molecular formula is C9H14F2N4O2. The lowest BCUT2D eigenvalue weighted by Gasteiger charge is -2.13. The average molecular weight is 248 g/mol. The molecule has 0 fully saturated rings. The second-order valence-electron chi connectivity index (χ2n) is 3.52. The Labute approximate surface area is 96.7 Å². The lowest BCUT2D eigenvalue weighted by Crippen LogP contribution is -2.18. The van der Waals surface area contributed by atoms with Crippen LogP contribution in [0.4, 0.5) is 8.78 Å². The summed E-state index contributed by atoms with van der Waals surface area (Å²) in [5.41, 5.74) is 5.66. The maximum Gasteiger partial charge on any atom is 0.257 e. The quantitative estimate of drug-likeness (QED) is 0.783. The highest BCUT2D eigenvalue weighted by Gasteiger charge is 2.21. The number of nitrogens with two attached hydrogens (primary N) is 1. The van der Waals surface area contributed by atoms with Gasteiger partial charge in [-0.05, 0) is 6.92 Å². The summed E-state index contributed by atoms with van der Waals surface area (Å²) in [6.07, 6.45) is -3.19. The van der Waals surface area contributed by atoms with Crippen LogP contribution in [0.5, 0.6) is 0 Å². The molecule has 0 aliphatic carbocycles. The van der Waals surface area contributed by atoms with Crippen molar-refractivity contribution in [1.82, 2.24) is 15.0 Å². The lowest BCUT2D eigenvalue weighted by atomic mass is 10.1. The molecule has 1 aromatic rings. The third-order valence-electron chi connectivity index (χ3n) is 2.24. The number of ether oxygens (including phenoxy) is 1. The fraction of sp³-hybridized carbons (Fsp3) is 0.667. The average Bonchev–Trinajstić information content (AvgIpc) is 2.58. The highest BCUT2D eigenvalue weighted by Crippen LogP contribution is 2.20. The van der Waals surface area contributed by atoms with Gasteiger partial charge in [-0.15, -0.1) is 5.10 Å². The van der Waals surface area contributed by atoms with E-state index in [1.54, 1.807) is 6.92 Å². The SMILES string of the molecule is COC(C)c1c(CC(N)=O)nnn1CC(F)F. The number of halogens is 2. The largest absolute Gasteiger partial charge is 0.375 e. The zero-order valence-electron chi connectivity index (χ0n) is 9.56. The van der Waals surface area contributed by atoms with Crippen LogP contribution in [0.3, 0.4) is 0 Å². The number of nitrogens with zero attached hydrogens (tertiary/aromatic N) is 3. The van der Waals surface area contributed by atoms with Gasteiger partial charge in [0, 0.05) is 7.11 Å². The number of methoxy groups -OCH3 is 1. The lowest BCUT2D eigenvalue weighted by molar-refractivity contribution is -0.117. The minimum absolute atomic E-state index is 0.147. The molecule has 1 amide bonds. The normalized spacial score (nSPS) is 13.0. The first kappa shape index (κ1) is 13.5. The van der Waals surface area contributed by atoms with Crippen molar-refractivity contribution in [2.75, 3.05) is 7.11 Å². The Bertz CT molecular complexity index is 394. The van der Waals surface area contributed by atoms with Crippen molar-refractivity contribution in [2.24, 2.45) is 5.73 Å². The fourth-order valence-electron chi connectivity index (χ4n) is 1.47. The van der Waals surface area contributed by atoms with Gasteiger partial charge in [-0.3, -0.25) is 4.79 Å². The predicted molar refractivity (Wildman–Crippen MR) is 54.3 cm³/mol. The van der Waals surface area contributed by atoms with E-state index in [2.05, 4.69) is 10.3 Å². The van der Waals surface area contributed by atoms with Crippen LogP contribution in [0, 0.1) is 0 Å². The summed E-state index contributed by atoms with van der Waals surface area (Å²) in [7, 11) is 1.43. The Hall–Kier alpha value is -1.57. The molecule has 17 heavy (non-hydrogen) atoms. The van der Waals surface area contributed by atoms with Gasteiger partial charge in [-0.1, -0.05) is 5.21 Å². The molecule has 2 N–H and O–H groups in total. The Morgan fingerprint density at radius 2 is 2.24 bits per heavy atom. The van der Waals surface area contributed by atoms with E-state index in [4.69, 9.17) is 10.5 Å². The number of primary amides is 1. The smallest absolute Gasteiger partial charge is 0.257 e. The highest BCUT2D eigenvalue weighted by atomic mass is 19.3. The first-order valence-corrected chi connectivity index (χ1v) is 4.97. The summed E-state index contributed by atoms with van der Waals surface area (Å²) in [5, 5.41) is 7.25. The molecule has 1 heterocycles. The number of aromatic nitrogens is 3. The van der Waals surface area contributed by atoms with Gasteiger partial charge in [0.2, 0.25) is 5.91 Å². The summed E-state index contributed by atoms with van der Waals surface area (Å²) in [6, 6.07) is 0. The van der Waals surface area contributed by atoms with Crippen molar-refractivity contribution in [3.63, 3.8) is 0 Å². The summed E-state index contributed by atoms with van der Waals surface area (Å²) in [6.45, 7) is 1.07. The first-order chi connectivity index (χ1) is 7.95. The number of amides is 1. The van der Waals surface area contributed by atoms with E-state index in [0.717, 1.165) is 4.68 Å². The van der Waals surface area contributed by atoms with Crippen LogP contribution in [-0.4, -0.2) is 34.4 Å². The van der Waals surface area contributed by atoms with E-state index in [-0.39, 0.29) is 12.1 Å². The van der Waals surface area contributed by atoms with E-state index in [1.807, 2.05) is 0 Å². The van der Waals surface area contributed by atoms with E-state index in [0.29, 0.717) is 5.69 Å². The Balaban J connectivity index is 3.05. The Kier molecular flexibility index (Phi) is 4.50. The van der Waals surface area contributed by atoms with Crippen LogP contribution in [-0.2, 0) is 22.5 Å². The third kappa shape index (κ3) is 3.45. The topological polar surface area (TPSA) is 83.0 Å². The van der Waals surface area contributed by atoms with Gasteiger partial charge in [0.15, 0.2) is 0 Å². The van der Waals surface area contributed by atoms with Crippen molar-refractivity contribution in [3.05, 3.63) is 11.4 Å². The van der Waals surface area contributed by atoms with Gasteiger partial charge >= 0.3 is 0 Å². The van der Waals surface area contributed by atoms with Crippen LogP contribution in [0.2, 0.25) is 0 Å². The summed E-state index contributed by atoms with van der Waals surface area (Å²) < 4.78 is 30.7. The molecule has 96 valence electrons. The molecule has 0 saturated heterocycles. The molecule has 8 heteroatoms. The number of carbonyl (C=O) groups is 1. The van der Waals surface area contributed by atoms with Gasteiger partial charge < -0.3 is 10.5 Å². The molecule has 0 aliphatic rings. The minimum Gasteiger partial charge on any atom is -0.375 e. The predicted octanol–water partition coefficient (Wildman–Crippen LogP) is 0.278. The van der Waals surface area contributed by atoms with Crippen molar-refractivity contribution >= 4 is 5.91 Å². The summed E-state index contributed by atoms with van der Waals surface area (Å²) in [4.78, 5) is 10.8. The molecule has 1 atom stereocenters. The second kappa shape index (κ2) is 5.67. The number of hydrogen-bond donors (Lipinski definition) is 1. The molecular weight excluding hydrogens is 234 g/mol. The van der Waals surface area contributed by atoms with Crippen molar-refractivity contribution < 1.29 is 18.3 Å². The van der Waals surface area contributed by atoms with E-state index < -0.39 is 25.0 Å². The van der Waals surface area contributed by atoms with Crippen LogP contribution >= 0.6 is 0 Å². The van der Waals surface area contributed by atoms with Gasteiger partial charge in [-0.2, -0.15) is 0 Å². The molecule has 6 nitrogen and oxygen atoms in total. The van der Waals surface area contributed by atoms with Crippen LogP contribution in [0.1, 0.15) is 24.4 Å². The van der Waals surface area contributed by atoms with Crippen molar-refractivity contribution in [1.29, 1.82) is 0 Å². The maximum absolute atomic E-state index is 12.3. The number of alkyl halides is 2. The fourth-order valence-corrected chi connectivity index (χ4v) is 1.47. The van der Waals surface area contributed by atoms with E-state index >= 15 is 0 Å². The van der Waals surface area contributed by atoms with Crippen LogP contribution < -0.4 is 5.73 Å². The first-order valence-electron chi connectivity index (χ1n) is 4.97. The maximum atomic E-state index is 12.3. The molecule has 0 bridgehead atoms. The van der Waals surface area contributed by atoms with Gasteiger partial charge in [0.05, 0.1) is 23.9 Å². The van der Waals surface area contributed by atoms with Gasteiger partial charge in [-0.25, -0.2) is 13.5 Å². The second-order valence-corrected chi connectivity index (χ2v) is 3.52. The summed E-state index contributed by atoms with van der Waals surface area (Å²) in [5.74, 6) is -0.598. The van der Waals surface area contributed by atoms with E-state index in [1.165, 1.54) is 7.11 Å². The van der Waals surface area contributed by atoms with Gasteiger partial charge in [0.25, 0.3) is 6.43 Å². The zero-order valence-corrected chi connectivity index (χ0v) is 9.56. The van der Waals surface area contributed by atoms with Crippen molar-refractivity contribution in [3.8, 4) is 0 Å². The number of rotatable bonds is 6. The standard InChI is InChI=1S/C9H14F2N4O2/c1-5(17-2)9-6(3-8(12)16)13-14-15(9)4-7(10)11/h5,7H,3-4H2,1-2H3,(H2,12,16). The zero-order chi connectivity index (χ0) is 13.0. The van der Waals surface area contributed by atoms with Crippen molar-refractivity contribution in [2.45, 2.75) is 32.4 Å². The number of hydrogen-bond acceptors (Lipinski definition) is 4. The van der Waals surface area contributed by atoms with Crippen LogP contribution in [0.15, 0.2) is 0 Å². The molecule has 0 aromatic carbocycles. The molecule has 0 spiro atoms. The van der Waals surface area contributed by atoms with Crippen LogP contribution in [0.25, 0.3) is 0 Å². The molecule has 0 saturated carbocycles. The summed E-state index contributed by atoms with van der Waals surface area (Å²) >= 11 is 0. The molecule has 1 rings (SSSR count). The van der Waals surface area contributed by atoms with E-state index in [9.17, 15) is 13.6 Å². The monoisotopic (exact) mass is 248 g/mol. The molecule has 0 aliphatic heterocycles. The molecule has 1 aromatic heterocycles. The van der Waals surface area contributed by atoms with Gasteiger partial charge in [0.1, 0.15) is 6.54 Å². The molecule has 1 unspecified atom stereocenters. The third-order valence-corrected chi connectivity index (χ3v) is 2.24. The molecule has 0 radical (unpaired) electrons. The minimum atomic E-state index is -2.55. The number of carbonyl (C=O) groups excluding carboxylic acids is 1. The Morgan fingerprint density at radius 3 is 2.71 bits per heavy atom.